The Balaban J connectivity index is 2.09. The van der Waals surface area contributed by atoms with Crippen molar-refractivity contribution < 1.29 is 13.5 Å². The highest BCUT2D eigenvalue weighted by molar-refractivity contribution is 7.89. The number of aromatic nitrogens is 2. The first-order valence-corrected chi connectivity index (χ1v) is 10.0. The smallest absolute Gasteiger partial charge is 0.244 e. The fourth-order valence-corrected chi connectivity index (χ4v) is 5.67. The van der Waals surface area contributed by atoms with Crippen LogP contribution in [0.4, 0.5) is 0 Å². The summed E-state index contributed by atoms with van der Waals surface area (Å²) in [5, 5.41) is 15.4. The van der Waals surface area contributed by atoms with Crippen LogP contribution in [0.15, 0.2) is 35.4 Å². The Hall–Kier alpha value is -1.70. The van der Waals surface area contributed by atoms with E-state index in [1.54, 1.807) is 24.3 Å². The second-order valence-electron chi connectivity index (χ2n) is 6.78. The van der Waals surface area contributed by atoms with Crippen molar-refractivity contribution in [3.8, 4) is 0 Å². The number of nitrogens with zero attached hydrogens (tertiary/aromatic N) is 3. The average Bonchev–Trinajstić information content (AvgIpc) is 2.92. The molecular formula is C18H25N3O3S. The van der Waals surface area contributed by atoms with E-state index >= 15 is 0 Å². The van der Waals surface area contributed by atoms with Gasteiger partial charge in [-0.15, -0.1) is 0 Å². The third-order valence-corrected chi connectivity index (χ3v) is 6.97. The summed E-state index contributed by atoms with van der Waals surface area (Å²) >= 11 is 0. The van der Waals surface area contributed by atoms with Gasteiger partial charge >= 0.3 is 0 Å². The van der Waals surface area contributed by atoms with Gasteiger partial charge in [-0.3, -0.25) is 4.68 Å². The lowest BCUT2D eigenvalue weighted by Gasteiger charge is -2.41. The van der Waals surface area contributed by atoms with Crippen molar-refractivity contribution in [2.75, 3.05) is 0 Å². The number of hydrogen-bond acceptors (Lipinski definition) is 4. The van der Waals surface area contributed by atoms with E-state index in [0.29, 0.717) is 12.0 Å². The van der Waals surface area contributed by atoms with Gasteiger partial charge in [0.05, 0.1) is 22.7 Å². The van der Waals surface area contributed by atoms with Crippen molar-refractivity contribution in [3.63, 3.8) is 0 Å². The van der Waals surface area contributed by atoms with Crippen molar-refractivity contribution in [1.82, 2.24) is 14.1 Å². The first kappa shape index (κ1) is 18.1. The van der Waals surface area contributed by atoms with Gasteiger partial charge < -0.3 is 5.11 Å². The SMILES string of the molecule is CCn1cc(C[C@@H]2[C@@H](O)c3ccccc3S(=O)(=O)N2C(C)C)c(C)n1. The van der Waals surface area contributed by atoms with Gasteiger partial charge in [-0.2, -0.15) is 9.40 Å². The van der Waals surface area contributed by atoms with Gasteiger partial charge in [0, 0.05) is 24.3 Å². The molecule has 0 unspecified atom stereocenters. The molecule has 1 aromatic carbocycles. The van der Waals surface area contributed by atoms with E-state index in [9.17, 15) is 13.5 Å². The standard InChI is InChI=1S/C18H25N3O3S/c1-5-20-11-14(13(4)19-20)10-16-18(22)15-8-6-7-9-17(15)25(23,24)21(16)12(2)3/h6-9,11-12,16,18,22H,5,10H2,1-4H3/t16-,18+/m1/s1. The number of aliphatic hydroxyl groups is 1. The molecule has 3 rings (SSSR count). The molecular weight excluding hydrogens is 338 g/mol. The van der Waals surface area contributed by atoms with E-state index < -0.39 is 22.2 Å². The van der Waals surface area contributed by atoms with Crippen LogP contribution in [0, 0.1) is 6.92 Å². The summed E-state index contributed by atoms with van der Waals surface area (Å²) in [5.74, 6) is 0. The molecule has 0 saturated heterocycles. The van der Waals surface area contributed by atoms with Crippen LogP contribution in [0.3, 0.4) is 0 Å². The highest BCUT2D eigenvalue weighted by Crippen LogP contribution is 2.39. The molecule has 25 heavy (non-hydrogen) atoms. The molecule has 0 spiro atoms. The van der Waals surface area contributed by atoms with Crippen LogP contribution in [0.1, 0.15) is 43.7 Å². The third kappa shape index (κ3) is 3.01. The van der Waals surface area contributed by atoms with Crippen molar-refractivity contribution in [2.24, 2.45) is 0 Å². The van der Waals surface area contributed by atoms with Gasteiger partial charge in [-0.05, 0) is 45.7 Å². The van der Waals surface area contributed by atoms with Crippen LogP contribution in [0.25, 0.3) is 0 Å². The van der Waals surface area contributed by atoms with E-state index in [4.69, 9.17) is 0 Å². The number of sulfonamides is 1. The molecule has 1 aliphatic rings. The van der Waals surface area contributed by atoms with Gasteiger partial charge in [0.15, 0.2) is 0 Å². The maximum absolute atomic E-state index is 13.1. The molecule has 0 aliphatic carbocycles. The Morgan fingerprint density at radius 3 is 2.56 bits per heavy atom. The summed E-state index contributed by atoms with van der Waals surface area (Å²) in [6.07, 6.45) is 1.50. The number of rotatable bonds is 4. The third-order valence-electron chi connectivity index (χ3n) is 4.79. The van der Waals surface area contributed by atoms with Crippen LogP contribution in [-0.4, -0.2) is 39.7 Å². The molecule has 0 bridgehead atoms. The average molecular weight is 363 g/mol. The molecule has 2 aromatic rings. The normalized spacial score (nSPS) is 23.0. The molecule has 1 aliphatic heterocycles. The van der Waals surface area contributed by atoms with Gasteiger partial charge in [-0.25, -0.2) is 8.42 Å². The molecule has 0 amide bonds. The van der Waals surface area contributed by atoms with E-state index in [2.05, 4.69) is 5.10 Å². The summed E-state index contributed by atoms with van der Waals surface area (Å²) in [4.78, 5) is 0.202. The second kappa shape index (κ2) is 6.55. The van der Waals surface area contributed by atoms with Crippen molar-refractivity contribution in [2.45, 2.75) is 63.7 Å². The lowest BCUT2D eigenvalue weighted by molar-refractivity contribution is 0.0684. The first-order valence-electron chi connectivity index (χ1n) is 8.60. The summed E-state index contributed by atoms with van der Waals surface area (Å²) in [6.45, 7) is 8.36. The summed E-state index contributed by atoms with van der Waals surface area (Å²) < 4.78 is 29.5. The predicted molar refractivity (Wildman–Crippen MR) is 95.7 cm³/mol. The minimum absolute atomic E-state index is 0.202. The Morgan fingerprint density at radius 2 is 1.96 bits per heavy atom. The Bertz CT molecular complexity index is 873. The first-order chi connectivity index (χ1) is 11.8. The number of aliphatic hydroxyl groups excluding tert-OH is 1. The zero-order valence-corrected chi connectivity index (χ0v) is 15.9. The van der Waals surface area contributed by atoms with E-state index in [1.807, 2.05) is 38.6 Å². The molecule has 6 nitrogen and oxygen atoms in total. The number of benzene rings is 1. The zero-order valence-electron chi connectivity index (χ0n) is 15.0. The van der Waals surface area contributed by atoms with Crippen molar-refractivity contribution in [3.05, 3.63) is 47.3 Å². The summed E-state index contributed by atoms with van der Waals surface area (Å²) in [7, 11) is -3.65. The van der Waals surface area contributed by atoms with Crippen LogP contribution in [0.5, 0.6) is 0 Å². The fourth-order valence-electron chi connectivity index (χ4n) is 3.61. The lowest BCUT2D eigenvalue weighted by Crippen LogP contribution is -2.52. The highest BCUT2D eigenvalue weighted by Gasteiger charge is 2.45. The zero-order chi connectivity index (χ0) is 18.4. The molecule has 0 fully saturated rings. The molecule has 1 N–H and O–H groups in total. The van der Waals surface area contributed by atoms with Gasteiger partial charge in [0.2, 0.25) is 10.0 Å². The second-order valence-corrected chi connectivity index (χ2v) is 8.59. The molecule has 136 valence electrons. The number of aryl methyl sites for hydroxylation is 2. The van der Waals surface area contributed by atoms with Crippen LogP contribution in [0.2, 0.25) is 0 Å². The molecule has 2 heterocycles. The monoisotopic (exact) mass is 363 g/mol. The maximum atomic E-state index is 13.1. The van der Waals surface area contributed by atoms with E-state index in [0.717, 1.165) is 17.8 Å². The molecule has 1 aromatic heterocycles. The summed E-state index contributed by atoms with van der Waals surface area (Å²) in [6, 6.07) is 5.93. The number of hydrogen-bond donors (Lipinski definition) is 1. The fraction of sp³-hybridized carbons (Fsp3) is 0.500. The Labute approximate surface area is 149 Å². The Kier molecular flexibility index (Phi) is 4.74. The van der Waals surface area contributed by atoms with E-state index in [1.165, 1.54) is 4.31 Å². The lowest BCUT2D eigenvalue weighted by atomic mass is 9.95. The van der Waals surface area contributed by atoms with Crippen molar-refractivity contribution in [1.29, 1.82) is 0 Å². The largest absolute Gasteiger partial charge is 0.387 e. The minimum atomic E-state index is -3.65. The summed E-state index contributed by atoms with van der Waals surface area (Å²) in [5.41, 5.74) is 2.31. The maximum Gasteiger partial charge on any atom is 0.244 e. The molecule has 7 heteroatoms. The number of fused-ring (bicyclic) bond motifs is 1. The van der Waals surface area contributed by atoms with Crippen molar-refractivity contribution >= 4 is 10.0 Å². The molecule has 0 saturated carbocycles. The van der Waals surface area contributed by atoms with E-state index in [-0.39, 0.29) is 10.9 Å². The topological polar surface area (TPSA) is 75.4 Å². The highest BCUT2D eigenvalue weighted by atomic mass is 32.2. The minimum Gasteiger partial charge on any atom is -0.387 e. The predicted octanol–water partition coefficient (Wildman–Crippen LogP) is 2.27. The van der Waals surface area contributed by atoms with Crippen LogP contribution in [-0.2, 0) is 23.0 Å². The van der Waals surface area contributed by atoms with Gasteiger partial charge in [-0.1, -0.05) is 18.2 Å². The van der Waals surface area contributed by atoms with Gasteiger partial charge in [0.1, 0.15) is 0 Å². The molecule has 2 atom stereocenters. The van der Waals surface area contributed by atoms with Crippen LogP contribution >= 0.6 is 0 Å². The quantitative estimate of drug-likeness (QED) is 0.904. The molecule has 0 radical (unpaired) electrons. The van der Waals surface area contributed by atoms with Gasteiger partial charge in [0.25, 0.3) is 0 Å². The Morgan fingerprint density at radius 1 is 1.28 bits per heavy atom. The van der Waals surface area contributed by atoms with Crippen LogP contribution < -0.4 is 0 Å².